The summed E-state index contributed by atoms with van der Waals surface area (Å²) in [4.78, 5) is 31.9. The maximum atomic E-state index is 13.3. The summed E-state index contributed by atoms with van der Waals surface area (Å²) in [7, 11) is 0. The number of esters is 1. The molecule has 3 rings (SSSR count). The number of benzene rings is 1. The van der Waals surface area contributed by atoms with Gasteiger partial charge in [-0.25, -0.2) is 9.78 Å². The number of carbonyl (C=O) groups is 1. The molecule has 0 aliphatic heterocycles. The van der Waals surface area contributed by atoms with Gasteiger partial charge >= 0.3 is 5.97 Å². The summed E-state index contributed by atoms with van der Waals surface area (Å²) < 4.78 is 6.79. The van der Waals surface area contributed by atoms with Crippen LogP contribution in [0.15, 0.2) is 29.3 Å². The van der Waals surface area contributed by atoms with Gasteiger partial charge in [-0.2, -0.15) is 0 Å². The Morgan fingerprint density at radius 1 is 1.21 bits per heavy atom. The average molecular weight is 399 g/mol. The molecule has 0 aliphatic rings. The Bertz CT molecular complexity index is 1100. The topological polar surface area (TPSA) is 61.2 Å². The fraction of sp³-hybridized carbons (Fsp3) is 0.409. The van der Waals surface area contributed by atoms with E-state index in [0.717, 1.165) is 22.4 Å². The molecule has 0 bridgehead atoms. The molecule has 2 atom stereocenters. The predicted molar refractivity (Wildman–Crippen MR) is 114 cm³/mol. The van der Waals surface area contributed by atoms with Crippen LogP contribution in [-0.2, 0) is 9.53 Å². The summed E-state index contributed by atoms with van der Waals surface area (Å²) in [6.45, 7) is 11.6. The van der Waals surface area contributed by atoms with Gasteiger partial charge in [0, 0.05) is 10.4 Å². The predicted octanol–water partition coefficient (Wildman–Crippen LogP) is 4.95. The number of nitrogens with zero attached hydrogens (tertiary/aromatic N) is 2. The zero-order chi connectivity index (χ0) is 20.6. The average Bonchev–Trinajstić information content (AvgIpc) is 3.00. The molecule has 0 amide bonds. The lowest BCUT2D eigenvalue weighted by Crippen LogP contribution is -2.31. The van der Waals surface area contributed by atoms with Crippen molar-refractivity contribution in [3.05, 3.63) is 50.9 Å². The highest BCUT2D eigenvalue weighted by molar-refractivity contribution is 7.19. The number of thiophene rings is 1. The van der Waals surface area contributed by atoms with Gasteiger partial charge in [0.1, 0.15) is 10.9 Å². The lowest BCUT2D eigenvalue weighted by molar-refractivity contribution is -0.152. The molecule has 2 heterocycles. The van der Waals surface area contributed by atoms with Crippen molar-refractivity contribution in [3.63, 3.8) is 0 Å². The van der Waals surface area contributed by atoms with E-state index in [1.54, 1.807) is 6.92 Å². The summed E-state index contributed by atoms with van der Waals surface area (Å²) in [5.41, 5.74) is 4.07. The van der Waals surface area contributed by atoms with E-state index < -0.39 is 12.0 Å². The van der Waals surface area contributed by atoms with Crippen molar-refractivity contribution in [2.75, 3.05) is 0 Å². The monoisotopic (exact) mass is 398 g/mol. The van der Waals surface area contributed by atoms with Crippen LogP contribution in [-0.4, -0.2) is 21.6 Å². The van der Waals surface area contributed by atoms with Gasteiger partial charge < -0.3 is 4.74 Å². The normalized spacial score (nSPS) is 13.5. The van der Waals surface area contributed by atoms with Crippen molar-refractivity contribution >= 4 is 27.5 Å². The quantitative estimate of drug-likeness (QED) is 0.570. The third kappa shape index (κ3) is 3.61. The summed E-state index contributed by atoms with van der Waals surface area (Å²) in [6, 6.07) is 5.47. The van der Waals surface area contributed by atoms with E-state index in [-0.39, 0.29) is 11.7 Å². The maximum Gasteiger partial charge on any atom is 0.329 e. The molecule has 28 heavy (non-hydrogen) atoms. The standard InChI is InChI=1S/C22H26N2O3S/c1-7-14(4)27-22(26)15(5)24-11-23-20-19(21(24)25)18(16(6)28-20)17-9-8-12(2)13(3)10-17/h8-11,14-15H,7H2,1-6H3/t14-,15+/m1/s1. The Balaban J connectivity index is 2.14. The number of hydrogen-bond donors (Lipinski definition) is 0. The van der Waals surface area contributed by atoms with Crippen LogP contribution in [0.2, 0.25) is 0 Å². The molecule has 0 spiro atoms. The zero-order valence-electron chi connectivity index (χ0n) is 17.2. The maximum absolute atomic E-state index is 13.3. The van der Waals surface area contributed by atoms with E-state index in [1.165, 1.54) is 33.4 Å². The highest BCUT2D eigenvalue weighted by Gasteiger charge is 2.23. The number of ether oxygens (including phenoxy) is 1. The van der Waals surface area contributed by atoms with E-state index >= 15 is 0 Å². The van der Waals surface area contributed by atoms with Crippen LogP contribution in [0, 0.1) is 20.8 Å². The van der Waals surface area contributed by atoms with Crippen LogP contribution in [0.4, 0.5) is 0 Å². The Kier molecular flexibility index (Phi) is 5.70. The molecule has 0 saturated carbocycles. The van der Waals surface area contributed by atoms with Crippen molar-refractivity contribution in [2.45, 2.75) is 60.1 Å². The van der Waals surface area contributed by atoms with E-state index in [0.29, 0.717) is 10.2 Å². The Morgan fingerprint density at radius 3 is 2.57 bits per heavy atom. The Labute approximate surface area is 169 Å². The zero-order valence-corrected chi connectivity index (χ0v) is 18.0. The molecule has 0 unspecified atom stereocenters. The second kappa shape index (κ2) is 7.87. The summed E-state index contributed by atoms with van der Waals surface area (Å²) in [6.07, 6.45) is 2.00. The third-order valence-corrected chi connectivity index (χ3v) is 6.27. The molecule has 0 N–H and O–H groups in total. The van der Waals surface area contributed by atoms with E-state index in [4.69, 9.17) is 4.74 Å². The molecule has 148 valence electrons. The van der Waals surface area contributed by atoms with Gasteiger partial charge in [-0.05, 0) is 57.7 Å². The van der Waals surface area contributed by atoms with Crippen LogP contribution < -0.4 is 5.56 Å². The largest absolute Gasteiger partial charge is 0.461 e. The smallest absolute Gasteiger partial charge is 0.329 e. The second-order valence-electron chi connectivity index (χ2n) is 7.30. The highest BCUT2D eigenvalue weighted by Crippen LogP contribution is 2.36. The summed E-state index contributed by atoms with van der Waals surface area (Å²) in [5, 5.41) is 0.566. The number of carbonyl (C=O) groups excluding carboxylic acids is 1. The van der Waals surface area contributed by atoms with Crippen molar-refractivity contribution in [2.24, 2.45) is 0 Å². The van der Waals surface area contributed by atoms with E-state index in [1.807, 2.05) is 26.8 Å². The molecule has 5 nitrogen and oxygen atoms in total. The number of hydrogen-bond acceptors (Lipinski definition) is 5. The van der Waals surface area contributed by atoms with Gasteiger partial charge in [0.05, 0.1) is 17.8 Å². The SMILES string of the molecule is CC[C@@H](C)OC(=O)[C@H](C)n1cnc2sc(C)c(-c3ccc(C)c(C)c3)c2c1=O. The third-order valence-electron chi connectivity index (χ3n) is 5.26. The van der Waals surface area contributed by atoms with Gasteiger partial charge in [0.15, 0.2) is 0 Å². The van der Waals surface area contributed by atoms with Crippen LogP contribution in [0.3, 0.4) is 0 Å². The van der Waals surface area contributed by atoms with Gasteiger partial charge in [-0.3, -0.25) is 9.36 Å². The van der Waals surface area contributed by atoms with Crippen molar-refractivity contribution in [1.82, 2.24) is 9.55 Å². The van der Waals surface area contributed by atoms with Gasteiger partial charge in [0.25, 0.3) is 5.56 Å². The molecule has 1 aromatic carbocycles. The molecular formula is C22H26N2O3S. The number of fused-ring (bicyclic) bond motifs is 1. The van der Waals surface area contributed by atoms with Crippen LogP contribution >= 0.6 is 11.3 Å². The summed E-state index contributed by atoms with van der Waals surface area (Å²) >= 11 is 1.50. The minimum absolute atomic E-state index is 0.183. The number of rotatable bonds is 5. The van der Waals surface area contributed by atoms with Gasteiger partial charge in [-0.1, -0.05) is 25.1 Å². The molecule has 0 saturated heterocycles. The minimum Gasteiger partial charge on any atom is -0.461 e. The van der Waals surface area contributed by atoms with Crippen LogP contribution in [0.1, 0.15) is 49.2 Å². The summed E-state index contributed by atoms with van der Waals surface area (Å²) in [5.74, 6) is -0.419. The first-order valence-electron chi connectivity index (χ1n) is 9.52. The van der Waals surface area contributed by atoms with Crippen molar-refractivity contribution in [1.29, 1.82) is 0 Å². The van der Waals surface area contributed by atoms with Gasteiger partial charge in [0.2, 0.25) is 0 Å². The van der Waals surface area contributed by atoms with Gasteiger partial charge in [-0.15, -0.1) is 11.3 Å². The first kappa shape index (κ1) is 20.3. The molecule has 0 aliphatic carbocycles. The van der Waals surface area contributed by atoms with Crippen LogP contribution in [0.25, 0.3) is 21.3 Å². The molecule has 0 radical (unpaired) electrons. The highest BCUT2D eigenvalue weighted by atomic mass is 32.1. The lowest BCUT2D eigenvalue weighted by atomic mass is 9.99. The fourth-order valence-electron chi connectivity index (χ4n) is 3.13. The van der Waals surface area contributed by atoms with Crippen LogP contribution in [0.5, 0.6) is 0 Å². The minimum atomic E-state index is -0.730. The Hall–Kier alpha value is -2.47. The second-order valence-corrected chi connectivity index (χ2v) is 8.50. The number of aryl methyl sites for hydroxylation is 3. The molecule has 2 aromatic heterocycles. The number of aromatic nitrogens is 2. The van der Waals surface area contributed by atoms with E-state index in [9.17, 15) is 9.59 Å². The molecular weight excluding hydrogens is 372 g/mol. The molecule has 3 aromatic rings. The van der Waals surface area contributed by atoms with E-state index in [2.05, 4.69) is 31.0 Å². The first-order valence-corrected chi connectivity index (χ1v) is 10.3. The fourth-order valence-corrected chi connectivity index (χ4v) is 4.13. The van der Waals surface area contributed by atoms with Crippen molar-refractivity contribution in [3.8, 4) is 11.1 Å². The lowest BCUT2D eigenvalue weighted by Gasteiger charge is -2.17. The Morgan fingerprint density at radius 2 is 1.93 bits per heavy atom. The van der Waals surface area contributed by atoms with Crippen molar-refractivity contribution < 1.29 is 9.53 Å². The molecule has 0 fully saturated rings. The first-order chi connectivity index (χ1) is 13.2. The molecule has 6 heteroatoms.